The third kappa shape index (κ3) is 3.18. The van der Waals surface area contributed by atoms with Crippen LogP contribution in [0.25, 0.3) is 0 Å². The minimum absolute atomic E-state index is 0.131. The summed E-state index contributed by atoms with van der Waals surface area (Å²) in [6, 6.07) is 15.4. The quantitative estimate of drug-likeness (QED) is 0.493. The highest BCUT2D eigenvalue weighted by Crippen LogP contribution is 2.48. The zero-order chi connectivity index (χ0) is 20.9. The van der Waals surface area contributed by atoms with Gasteiger partial charge in [0.2, 0.25) is 6.79 Å². The Balaban J connectivity index is 1.50. The summed E-state index contributed by atoms with van der Waals surface area (Å²) in [6.45, 7) is 0.174. The molecule has 0 saturated carbocycles. The number of hydrogen-bond acceptors (Lipinski definition) is 6. The Morgan fingerprint density at radius 3 is 2.61 bits per heavy atom. The summed E-state index contributed by atoms with van der Waals surface area (Å²) in [6.07, 6.45) is 1.26. The van der Waals surface area contributed by atoms with Crippen LogP contribution in [0.15, 0.2) is 65.2 Å². The number of para-hydroxylation sites is 2. The van der Waals surface area contributed by atoms with Crippen LogP contribution < -0.4 is 20.1 Å². The summed E-state index contributed by atoms with van der Waals surface area (Å²) in [5.74, 6) is 1.58. The Bertz CT molecular complexity index is 1220. The number of fused-ring (bicyclic) bond motifs is 2. The van der Waals surface area contributed by atoms with Gasteiger partial charge in [-0.2, -0.15) is 0 Å². The van der Waals surface area contributed by atoms with Gasteiger partial charge in [0, 0.05) is 40.1 Å². The molecule has 0 unspecified atom stereocenters. The molecule has 1 aliphatic carbocycles. The smallest absolute Gasteiger partial charge is 0.231 e. The van der Waals surface area contributed by atoms with Gasteiger partial charge in [-0.25, -0.2) is 0 Å². The van der Waals surface area contributed by atoms with Crippen LogP contribution in [0.3, 0.4) is 0 Å². The number of thiophene rings is 1. The molecule has 6 rings (SSSR count). The molecule has 2 atom stereocenters. The summed E-state index contributed by atoms with van der Waals surface area (Å²) < 4.78 is 11.1. The molecule has 156 valence electrons. The molecule has 0 radical (unpaired) electrons. The number of allylic oxidation sites excluding steroid dienone is 1. The number of halogens is 1. The Hall–Kier alpha value is -2.96. The molecule has 2 N–H and O–H groups in total. The summed E-state index contributed by atoms with van der Waals surface area (Å²) in [7, 11) is 0. The fraction of sp³-hybridized carbons (Fsp3) is 0.208. The lowest BCUT2D eigenvalue weighted by molar-refractivity contribution is -0.116. The van der Waals surface area contributed by atoms with Crippen molar-refractivity contribution in [3.05, 3.63) is 80.6 Å². The number of hydrogen-bond donors (Lipinski definition) is 2. The SMILES string of the molecule is O=C1C[C@H](c2cccs2)CC2=C1[C@@H](c1cc3c(cc1Cl)OCO3)Nc1ccccc1N2. The van der Waals surface area contributed by atoms with Crippen molar-refractivity contribution < 1.29 is 14.3 Å². The largest absolute Gasteiger partial charge is 0.454 e. The van der Waals surface area contributed by atoms with Gasteiger partial charge in [-0.3, -0.25) is 4.79 Å². The standard InChI is InChI=1S/C24H19ClN2O3S/c25-15-11-21-20(29-12-30-21)10-14(15)24-23-18(26-16-4-1-2-5-17(16)27-24)8-13(9-19(23)28)22-6-3-7-31-22/h1-7,10-11,13,24,26-27H,8-9,12H2/t13-,24-/m1/s1. The van der Waals surface area contributed by atoms with Crippen LogP contribution >= 0.6 is 22.9 Å². The zero-order valence-corrected chi connectivity index (χ0v) is 18.1. The third-order valence-electron chi connectivity index (χ3n) is 6.06. The summed E-state index contributed by atoms with van der Waals surface area (Å²) >= 11 is 8.39. The van der Waals surface area contributed by atoms with Gasteiger partial charge in [-0.05, 0) is 36.1 Å². The lowest BCUT2D eigenvalue weighted by Crippen LogP contribution is -2.26. The molecule has 3 aliphatic rings. The van der Waals surface area contributed by atoms with Crippen molar-refractivity contribution in [1.82, 2.24) is 0 Å². The number of ether oxygens (including phenoxy) is 2. The molecule has 2 aliphatic heterocycles. The molecule has 0 amide bonds. The molecule has 3 heterocycles. The van der Waals surface area contributed by atoms with E-state index < -0.39 is 0 Å². The average Bonchev–Trinajstić information content (AvgIpc) is 3.42. The van der Waals surface area contributed by atoms with Crippen molar-refractivity contribution in [1.29, 1.82) is 0 Å². The fourth-order valence-electron chi connectivity index (χ4n) is 4.60. The van der Waals surface area contributed by atoms with Gasteiger partial charge < -0.3 is 20.1 Å². The van der Waals surface area contributed by atoms with Crippen LogP contribution in [0.1, 0.15) is 35.2 Å². The maximum absolute atomic E-state index is 13.5. The number of ketones is 1. The summed E-state index contributed by atoms with van der Waals surface area (Å²) in [5.41, 5.74) is 4.38. The van der Waals surface area contributed by atoms with E-state index in [2.05, 4.69) is 22.1 Å². The molecule has 0 fully saturated rings. The van der Waals surface area contributed by atoms with E-state index in [0.29, 0.717) is 22.9 Å². The molecule has 7 heteroatoms. The Labute approximate surface area is 188 Å². The highest BCUT2D eigenvalue weighted by Gasteiger charge is 2.37. The number of benzene rings is 2. The summed E-state index contributed by atoms with van der Waals surface area (Å²) in [5, 5.41) is 9.73. The second-order valence-corrected chi connectivity index (χ2v) is 9.30. The Morgan fingerprint density at radius 1 is 1.00 bits per heavy atom. The van der Waals surface area contributed by atoms with E-state index in [1.807, 2.05) is 36.4 Å². The van der Waals surface area contributed by atoms with E-state index in [-0.39, 0.29) is 24.5 Å². The van der Waals surface area contributed by atoms with Gasteiger partial charge in [-0.1, -0.05) is 29.8 Å². The Kier molecular flexibility index (Phi) is 4.44. The fourth-order valence-corrected chi connectivity index (χ4v) is 5.70. The molecule has 0 bridgehead atoms. The van der Waals surface area contributed by atoms with Crippen molar-refractivity contribution >= 4 is 40.1 Å². The molecule has 1 aromatic heterocycles. The highest BCUT2D eigenvalue weighted by molar-refractivity contribution is 7.10. The van der Waals surface area contributed by atoms with Crippen molar-refractivity contribution in [2.24, 2.45) is 0 Å². The lowest BCUT2D eigenvalue weighted by atomic mass is 9.80. The number of nitrogens with one attached hydrogen (secondary N) is 2. The maximum atomic E-state index is 13.5. The van der Waals surface area contributed by atoms with Crippen molar-refractivity contribution in [2.75, 3.05) is 17.4 Å². The van der Waals surface area contributed by atoms with E-state index in [4.69, 9.17) is 21.1 Å². The third-order valence-corrected chi connectivity index (χ3v) is 7.42. The Morgan fingerprint density at radius 2 is 1.81 bits per heavy atom. The minimum Gasteiger partial charge on any atom is -0.454 e. The number of Topliss-reactive ketones (excluding diaryl/α,β-unsaturated/α-hetero) is 1. The lowest BCUT2D eigenvalue weighted by Gasteiger charge is -2.29. The molecule has 3 aromatic rings. The predicted octanol–water partition coefficient (Wildman–Crippen LogP) is 6.11. The van der Waals surface area contributed by atoms with Crippen LogP contribution in [0.5, 0.6) is 11.5 Å². The van der Waals surface area contributed by atoms with Crippen LogP contribution in [0.2, 0.25) is 5.02 Å². The van der Waals surface area contributed by atoms with Gasteiger partial charge in [0.15, 0.2) is 17.3 Å². The summed E-state index contributed by atoms with van der Waals surface area (Å²) in [4.78, 5) is 14.8. The predicted molar refractivity (Wildman–Crippen MR) is 122 cm³/mol. The molecule has 5 nitrogen and oxygen atoms in total. The second kappa shape index (κ2) is 7.32. The first-order valence-electron chi connectivity index (χ1n) is 10.2. The van der Waals surface area contributed by atoms with Gasteiger partial charge in [0.05, 0.1) is 22.4 Å². The van der Waals surface area contributed by atoms with Gasteiger partial charge in [0.1, 0.15) is 0 Å². The van der Waals surface area contributed by atoms with E-state index in [1.165, 1.54) is 4.88 Å². The second-order valence-electron chi connectivity index (χ2n) is 7.91. The van der Waals surface area contributed by atoms with E-state index in [0.717, 1.165) is 34.6 Å². The highest BCUT2D eigenvalue weighted by atomic mass is 35.5. The minimum atomic E-state index is -0.384. The molecule has 31 heavy (non-hydrogen) atoms. The first-order valence-corrected chi connectivity index (χ1v) is 11.4. The molecule has 0 saturated heterocycles. The topological polar surface area (TPSA) is 59.6 Å². The zero-order valence-electron chi connectivity index (χ0n) is 16.5. The van der Waals surface area contributed by atoms with Gasteiger partial charge in [-0.15, -0.1) is 11.3 Å². The van der Waals surface area contributed by atoms with Crippen molar-refractivity contribution in [2.45, 2.75) is 24.8 Å². The number of carbonyl (C=O) groups is 1. The monoisotopic (exact) mass is 450 g/mol. The molecular weight excluding hydrogens is 432 g/mol. The van der Waals surface area contributed by atoms with E-state index >= 15 is 0 Å². The van der Waals surface area contributed by atoms with Crippen LogP contribution in [0.4, 0.5) is 11.4 Å². The number of anilines is 2. The van der Waals surface area contributed by atoms with Gasteiger partial charge >= 0.3 is 0 Å². The first-order chi connectivity index (χ1) is 15.2. The molecule has 2 aromatic carbocycles. The average molecular weight is 451 g/mol. The van der Waals surface area contributed by atoms with Crippen LogP contribution in [0, 0.1) is 0 Å². The van der Waals surface area contributed by atoms with E-state index in [1.54, 1.807) is 17.4 Å². The van der Waals surface area contributed by atoms with E-state index in [9.17, 15) is 4.79 Å². The van der Waals surface area contributed by atoms with Crippen LogP contribution in [-0.2, 0) is 4.79 Å². The molecule has 0 spiro atoms. The number of rotatable bonds is 2. The van der Waals surface area contributed by atoms with Crippen molar-refractivity contribution in [3.8, 4) is 11.5 Å². The first kappa shape index (κ1) is 18.8. The molecular formula is C24H19ClN2O3S. The van der Waals surface area contributed by atoms with Gasteiger partial charge in [0.25, 0.3) is 0 Å². The normalized spacial score (nSPS) is 21.6. The number of carbonyl (C=O) groups excluding carboxylic acids is 1. The van der Waals surface area contributed by atoms with Crippen LogP contribution in [-0.4, -0.2) is 12.6 Å². The maximum Gasteiger partial charge on any atom is 0.231 e. The van der Waals surface area contributed by atoms with Crippen molar-refractivity contribution in [3.63, 3.8) is 0 Å².